The molecular weight excluding hydrogens is 368 g/mol. The summed E-state index contributed by atoms with van der Waals surface area (Å²) in [5.74, 6) is 1.08. The SMILES string of the molecule is CC[C@H](C)Oc1cccc(-c2nnc(CCC(=O)NC3CCCCC3)c(=O)[nH]2)c1. The standard InChI is InChI=1S/C22H30N4O3/c1-3-15(2)29-18-11-7-8-16(14-18)21-24-22(28)19(25-26-21)12-13-20(27)23-17-9-5-4-6-10-17/h7-8,11,14-15,17H,3-6,9-10,12-13H2,1-2H3,(H,23,27)(H,24,26,28)/t15-/m0/s1. The number of carbonyl (C=O) groups is 1. The highest BCUT2D eigenvalue weighted by Gasteiger charge is 2.16. The van der Waals surface area contributed by atoms with Crippen molar-refractivity contribution >= 4 is 5.91 Å². The quantitative estimate of drug-likeness (QED) is 0.710. The predicted octanol–water partition coefficient (Wildman–Crippen LogP) is 3.39. The Morgan fingerprint density at radius 3 is 2.79 bits per heavy atom. The molecule has 1 heterocycles. The number of nitrogens with zero attached hydrogens (tertiary/aromatic N) is 2. The molecule has 0 radical (unpaired) electrons. The minimum absolute atomic E-state index is 0.0305. The summed E-state index contributed by atoms with van der Waals surface area (Å²) in [7, 11) is 0. The lowest BCUT2D eigenvalue weighted by atomic mass is 9.95. The van der Waals surface area contributed by atoms with Crippen LogP contribution in [0.4, 0.5) is 0 Å². The Morgan fingerprint density at radius 1 is 1.28 bits per heavy atom. The minimum atomic E-state index is -0.311. The molecular formula is C22H30N4O3. The summed E-state index contributed by atoms with van der Waals surface area (Å²) >= 11 is 0. The van der Waals surface area contributed by atoms with Crippen molar-refractivity contribution in [3.05, 3.63) is 40.3 Å². The van der Waals surface area contributed by atoms with Gasteiger partial charge >= 0.3 is 0 Å². The van der Waals surface area contributed by atoms with E-state index in [4.69, 9.17) is 4.74 Å². The molecule has 1 aromatic carbocycles. The monoisotopic (exact) mass is 398 g/mol. The third-order valence-electron chi connectivity index (χ3n) is 5.34. The molecule has 3 rings (SSSR count). The summed E-state index contributed by atoms with van der Waals surface area (Å²) in [5.41, 5.74) is 0.699. The van der Waals surface area contributed by atoms with Crippen molar-refractivity contribution < 1.29 is 9.53 Å². The predicted molar refractivity (Wildman–Crippen MR) is 112 cm³/mol. The molecule has 156 valence electrons. The van der Waals surface area contributed by atoms with Crippen LogP contribution < -0.4 is 15.6 Å². The number of benzene rings is 1. The Morgan fingerprint density at radius 2 is 2.07 bits per heavy atom. The molecule has 0 bridgehead atoms. The summed E-state index contributed by atoms with van der Waals surface area (Å²) in [6.45, 7) is 4.07. The van der Waals surface area contributed by atoms with E-state index in [9.17, 15) is 9.59 Å². The van der Waals surface area contributed by atoms with E-state index in [2.05, 4.69) is 27.4 Å². The van der Waals surface area contributed by atoms with E-state index in [1.54, 1.807) is 0 Å². The molecule has 0 spiro atoms. The average Bonchev–Trinajstić information content (AvgIpc) is 2.73. The second kappa shape index (κ2) is 10.2. The number of carbonyl (C=O) groups excluding carboxylic acids is 1. The van der Waals surface area contributed by atoms with Crippen molar-refractivity contribution in [2.24, 2.45) is 0 Å². The van der Waals surface area contributed by atoms with Crippen molar-refractivity contribution in [3.63, 3.8) is 0 Å². The van der Waals surface area contributed by atoms with Gasteiger partial charge in [-0.05, 0) is 38.3 Å². The van der Waals surface area contributed by atoms with Crippen LogP contribution in [0.3, 0.4) is 0 Å². The molecule has 0 saturated heterocycles. The Labute approximate surface area is 171 Å². The molecule has 1 saturated carbocycles. The van der Waals surface area contributed by atoms with E-state index in [0.717, 1.165) is 30.6 Å². The zero-order valence-electron chi connectivity index (χ0n) is 17.2. The van der Waals surface area contributed by atoms with Crippen molar-refractivity contribution in [1.29, 1.82) is 0 Å². The van der Waals surface area contributed by atoms with Gasteiger partial charge in [-0.25, -0.2) is 0 Å². The van der Waals surface area contributed by atoms with E-state index >= 15 is 0 Å². The van der Waals surface area contributed by atoms with E-state index in [1.165, 1.54) is 19.3 Å². The third kappa shape index (κ3) is 6.14. The van der Waals surface area contributed by atoms with Crippen LogP contribution in [-0.4, -0.2) is 33.2 Å². The van der Waals surface area contributed by atoms with Crippen molar-refractivity contribution in [1.82, 2.24) is 20.5 Å². The maximum Gasteiger partial charge on any atom is 0.273 e. The lowest BCUT2D eigenvalue weighted by Gasteiger charge is -2.22. The van der Waals surface area contributed by atoms with E-state index in [-0.39, 0.29) is 42.1 Å². The minimum Gasteiger partial charge on any atom is -0.491 e. The molecule has 1 aromatic heterocycles. The fourth-order valence-electron chi connectivity index (χ4n) is 3.46. The number of aromatic nitrogens is 3. The number of aromatic amines is 1. The van der Waals surface area contributed by atoms with Gasteiger partial charge in [-0.3, -0.25) is 9.59 Å². The summed E-state index contributed by atoms with van der Waals surface area (Å²) in [6.07, 6.45) is 7.20. The van der Waals surface area contributed by atoms with Crippen LogP contribution >= 0.6 is 0 Å². The van der Waals surface area contributed by atoms with Crippen LogP contribution in [0, 0.1) is 0 Å². The molecule has 1 atom stereocenters. The lowest BCUT2D eigenvalue weighted by molar-refractivity contribution is -0.122. The number of amides is 1. The van der Waals surface area contributed by atoms with E-state index in [1.807, 2.05) is 31.2 Å². The molecule has 7 heteroatoms. The van der Waals surface area contributed by atoms with E-state index < -0.39 is 0 Å². The number of hydrogen-bond donors (Lipinski definition) is 2. The van der Waals surface area contributed by atoms with Gasteiger partial charge in [0.15, 0.2) is 5.82 Å². The Hall–Kier alpha value is -2.70. The molecule has 7 nitrogen and oxygen atoms in total. The first-order valence-electron chi connectivity index (χ1n) is 10.6. The normalized spacial score (nSPS) is 15.7. The molecule has 29 heavy (non-hydrogen) atoms. The maximum atomic E-state index is 12.4. The van der Waals surface area contributed by atoms with Crippen LogP contribution in [0.15, 0.2) is 29.1 Å². The highest BCUT2D eigenvalue weighted by atomic mass is 16.5. The van der Waals surface area contributed by atoms with Gasteiger partial charge < -0.3 is 15.0 Å². The van der Waals surface area contributed by atoms with Gasteiger partial charge in [0.05, 0.1) is 6.10 Å². The lowest BCUT2D eigenvalue weighted by Crippen LogP contribution is -2.36. The Kier molecular flexibility index (Phi) is 7.38. The fourth-order valence-corrected chi connectivity index (χ4v) is 3.46. The number of ether oxygens (including phenoxy) is 1. The highest BCUT2D eigenvalue weighted by Crippen LogP contribution is 2.21. The van der Waals surface area contributed by atoms with Gasteiger partial charge in [-0.2, -0.15) is 0 Å². The van der Waals surface area contributed by atoms with Crippen LogP contribution in [-0.2, 0) is 11.2 Å². The van der Waals surface area contributed by atoms with Gasteiger partial charge in [-0.1, -0.05) is 38.3 Å². The van der Waals surface area contributed by atoms with Crippen LogP contribution in [0.25, 0.3) is 11.4 Å². The van der Waals surface area contributed by atoms with Gasteiger partial charge in [0.2, 0.25) is 5.91 Å². The van der Waals surface area contributed by atoms with Gasteiger partial charge in [0.1, 0.15) is 11.4 Å². The number of H-pyrrole nitrogens is 1. The van der Waals surface area contributed by atoms with Gasteiger partial charge in [0.25, 0.3) is 5.56 Å². The second-order valence-electron chi connectivity index (χ2n) is 7.72. The number of nitrogens with one attached hydrogen (secondary N) is 2. The highest BCUT2D eigenvalue weighted by molar-refractivity contribution is 5.76. The Balaban J connectivity index is 1.60. The molecule has 0 unspecified atom stereocenters. The van der Waals surface area contributed by atoms with Crippen molar-refractivity contribution in [3.8, 4) is 17.1 Å². The topological polar surface area (TPSA) is 97.0 Å². The fraction of sp³-hybridized carbons (Fsp3) is 0.545. The van der Waals surface area contributed by atoms with Crippen molar-refractivity contribution in [2.45, 2.75) is 77.4 Å². The van der Waals surface area contributed by atoms with Crippen molar-refractivity contribution in [2.75, 3.05) is 0 Å². The molecule has 0 aliphatic heterocycles. The maximum absolute atomic E-state index is 12.4. The number of hydrogen-bond acceptors (Lipinski definition) is 5. The van der Waals surface area contributed by atoms with E-state index in [0.29, 0.717) is 5.82 Å². The second-order valence-corrected chi connectivity index (χ2v) is 7.72. The number of rotatable bonds is 8. The summed E-state index contributed by atoms with van der Waals surface area (Å²) in [4.78, 5) is 27.3. The molecule has 2 aromatic rings. The summed E-state index contributed by atoms with van der Waals surface area (Å²) in [5, 5.41) is 11.3. The first-order valence-corrected chi connectivity index (χ1v) is 10.6. The van der Waals surface area contributed by atoms with Crippen LogP contribution in [0.1, 0.15) is 64.5 Å². The zero-order chi connectivity index (χ0) is 20.6. The summed E-state index contributed by atoms with van der Waals surface area (Å²) < 4.78 is 5.82. The molecule has 1 aliphatic rings. The summed E-state index contributed by atoms with van der Waals surface area (Å²) in [6, 6.07) is 7.69. The molecule has 1 aliphatic carbocycles. The first-order chi connectivity index (χ1) is 14.0. The number of aryl methyl sites for hydroxylation is 1. The van der Waals surface area contributed by atoms with Crippen LogP contribution in [0.2, 0.25) is 0 Å². The molecule has 1 fully saturated rings. The average molecular weight is 399 g/mol. The Bertz CT molecular complexity index is 874. The largest absolute Gasteiger partial charge is 0.491 e. The molecule has 1 amide bonds. The zero-order valence-corrected chi connectivity index (χ0v) is 17.2. The van der Waals surface area contributed by atoms with Gasteiger partial charge in [-0.15, -0.1) is 10.2 Å². The third-order valence-corrected chi connectivity index (χ3v) is 5.34. The smallest absolute Gasteiger partial charge is 0.273 e. The van der Waals surface area contributed by atoms with Gasteiger partial charge in [0, 0.05) is 24.4 Å². The van der Waals surface area contributed by atoms with Crippen LogP contribution in [0.5, 0.6) is 5.75 Å². The molecule has 2 N–H and O–H groups in total. The first kappa shape index (κ1) is 21.0.